The van der Waals surface area contributed by atoms with Gasteiger partial charge in [-0.15, -0.1) is 11.8 Å². The quantitative estimate of drug-likeness (QED) is 0.442. The molecule has 4 amide bonds. The van der Waals surface area contributed by atoms with E-state index in [9.17, 15) is 14.4 Å². The highest BCUT2D eigenvalue weighted by atomic mass is 32.2. The minimum Gasteiger partial charge on any atom is -0.263 e. The number of urea groups is 1. The van der Waals surface area contributed by atoms with Crippen molar-refractivity contribution in [2.75, 3.05) is 19.2 Å². The van der Waals surface area contributed by atoms with Crippen molar-refractivity contribution in [3.8, 4) is 0 Å². The maximum atomic E-state index is 11.1. The first-order valence-electron chi connectivity index (χ1n) is 3.22. The third kappa shape index (κ3) is 1.18. The van der Waals surface area contributed by atoms with Gasteiger partial charge in [-0.1, -0.05) is 0 Å². The molecule has 0 unspecified atom stereocenters. The Morgan fingerprint density at radius 2 is 1.83 bits per heavy atom. The van der Waals surface area contributed by atoms with Crippen LogP contribution in [0.15, 0.2) is 0 Å². The number of rotatable bonds is 2. The number of carbonyl (C=O) groups is 3. The van der Waals surface area contributed by atoms with Crippen molar-refractivity contribution in [1.29, 1.82) is 0 Å². The number of likely N-dealkylation sites (N-methyl/N-ethyl adjacent to an activating group) is 1. The van der Waals surface area contributed by atoms with Crippen LogP contribution in [0.1, 0.15) is 0 Å². The first-order chi connectivity index (χ1) is 5.59. The molecule has 0 spiro atoms. The summed E-state index contributed by atoms with van der Waals surface area (Å²) in [6, 6.07) is -0.542. The zero-order valence-corrected chi connectivity index (χ0v) is 7.55. The second kappa shape index (κ2) is 3.14. The highest BCUT2D eigenvalue weighted by Crippen LogP contribution is 2.11. The van der Waals surface area contributed by atoms with Gasteiger partial charge < -0.3 is 0 Å². The van der Waals surface area contributed by atoms with Crippen molar-refractivity contribution >= 4 is 29.6 Å². The van der Waals surface area contributed by atoms with Crippen molar-refractivity contribution in [3.63, 3.8) is 0 Å². The van der Waals surface area contributed by atoms with Crippen LogP contribution in [0.5, 0.6) is 0 Å². The smallest absolute Gasteiger partial charge is 0.263 e. The van der Waals surface area contributed by atoms with Crippen molar-refractivity contribution in [1.82, 2.24) is 9.80 Å². The van der Waals surface area contributed by atoms with Gasteiger partial charge in [0, 0.05) is 7.05 Å². The zero-order chi connectivity index (χ0) is 9.30. The minimum absolute atomic E-state index is 0.230. The fourth-order valence-electron chi connectivity index (χ4n) is 0.857. The molecule has 1 aliphatic rings. The molecule has 1 heterocycles. The normalized spacial score (nSPS) is 18.0. The van der Waals surface area contributed by atoms with E-state index >= 15 is 0 Å². The molecule has 12 heavy (non-hydrogen) atoms. The average molecular weight is 188 g/mol. The van der Waals surface area contributed by atoms with E-state index in [1.54, 1.807) is 6.26 Å². The molecule has 5 nitrogen and oxygen atoms in total. The molecule has 1 saturated heterocycles. The Morgan fingerprint density at radius 3 is 2.17 bits per heavy atom. The molecular weight excluding hydrogens is 180 g/mol. The van der Waals surface area contributed by atoms with Gasteiger partial charge in [-0.25, -0.2) is 9.69 Å². The van der Waals surface area contributed by atoms with Crippen molar-refractivity contribution in [2.45, 2.75) is 0 Å². The predicted molar refractivity (Wildman–Crippen MR) is 43.4 cm³/mol. The SMILES string of the molecule is CSCN1C(=O)C(=O)N(C)C1=O. The van der Waals surface area contributed by atoms with Gasteiger partial charge in [0.15, 0.2) is 0 Å². The molecule has 66 valence electrons. The standard InChI is InChI=1S/C6H8N2O3S/c1-7-4(9)5(10)8(3-12-2)6(7)11/h3H2,1-2H3. The van der Waals surface area contributed by atoms with E-state index in [4.69, 9.17) is 0 Å². The molecule has 1 aliphatic heterocycles. The van der Waals surface area contributed by atoms with Gasteiger partial charge in [0.25, 0.3) is 0 Å². The molecule has 0 bridgehead atoms. The van der Waals surface area contributed by atoms with Crippen LogP contribution in [-0.2, 0) is 9.59 Å². The number of hydrogen-bond acceptors (Lipinski definition) is 4. The lowest BCUT2D eigenvalue weighted by Gasteiger charge is -2.09. The van der Waals surface area contributed by atoms with E-state index in [2.05, 4.69) is 0 Å². The lowest BCUT2D eigenvalue weighted by molar-refractivity contribution is -0.142. The molecule has 0 atom stereocenters. The number of nitrogens with zero attached hydrogens (tertiary/aromatic N) is 2. The average Bonchev–Trinajstić information content (AvgIpc) is 2.23. The van der Waals surface area contributed by atoms with Crippen LogP contribution < -0.4 is 0 Å². The first-order valence-corrected chi connectivity index (χ1v) is 4.61. The van der Waals surface area contributed by atoms with Gasteiger partial charge in [-0.05, 0) is 6.26 Å². The Labute approximate surface area is 73.7 Å². The fourth-order valence-corrected chi connectivity index (χ4v) is 1.34. The summed E-state index contributed by atoms with van der Waals surface area (Å²) in [5, 5.41) is 0. The maximum Gasteiger partial charge on any atom is 0.334 e. The van der Waals surface area contributed by atoms with E-state index in [-0.39, 0.29) is 5.88 Å². The number of thioether (sulfide) groups is 1. The summed E-state index contributed by atoms with van der Waals surface area (Å²) in [5.74, 6) is -1.26. The summed E-state index contributed by atoms with van der Waals surface area (Å²) < 4.78 is 0. The number of hydrogen-bond donors (Lipinski definition) is 0. The fraction of sp³-hybridized carbons (Fsp3) is 0.500. The summed E-state index contributed by atoms with van der Waals surface area (Å²) >= 11 is 1.32. The third-order valence-electron chi connectivity index (χ3n) is 1.51. The Kier molecular flexibility index (Phi) is 2.37. The second-order valence-corrected chi connectivity index (χ2v) is 3.13. The largest absolute Gasteiger partial charge is 0.334 e. The molecule has 0 N–H and O–H groups in total. The summed E-state index contributed by atoms with van der Waals surface area (Å²) in [6.45, 7) is 0. The van der Waals surface area contributed by atoms with E-state index < -0.39 is 17.8 Å². The topological polar surface area (TPSA) is 57.7 Å². The van der Waals surface area contributed by atoms with E-state index in [0.717, 1.165) is 9.80 Å². The lowest BCUT2D eigenvalue weighted by Crippen LogP contribution is -2.31. The van der Waals surface area contributed by atoms with Crippen LogP contribution in [0.4, 0.5) is 4.79 Å². The molecule has 1 rings (SSSR count). The lowest BCUT2D eigenvalue weighted by atomic mass is 10.6. The predicted octanol–water partition coefficient (Wildman–Crippen LogP) is -0.272. The highest BCUT2D eigenvalue weighted by Gasteiger charge is 2.41. The highest BCUT2D eigenvalue weighted by molar-refractivity contribution is 7.98. The number of carbonyl (C=O) groups excluding carboxylic acids is 3. The van der Waals surface area contributed by atoms with Crippen LogP contribution in [0, 0.1) is 0 Å². The molecule has 0 radical (unpaired) electrons. The van der Waals surface area contributed by atoms with Gasteiger partial charge in [-0.2, -0.15) is 0 Å². The minimum atomic E-state index is -0.756. The van der Waals surface area contributed by atoms with Crippen LogP contribution in [0.3, 0.4) is 0 Å². The summed E-state index contributed by atoms with van der Waals surface area (Å²) in [4.78, 5) is 34.8. The van der Waals surface area contributed by atoms with Gasteiger partial charge in [0.2, 0.25) is 0 Å². The molecule has 1 fully saturated rings. The van der Waals surface area contributed by atoms with E-state index in [1.165, 1.54) is 18.8 Å². The van der Waals surface area contributed by atoms with Crippen molar-refractivity contribution < 1.29 is 14.4 Å². The molecule has 6 heteroatoms. The molecular formula is C6H8N2O3S. The summed E-state index contributed by atoms with van der Waals surface area (Å²) in [6.07, 6.45) is 1.75. The van der Waals surface area contributed by atoms with Crippen LogP contribution in [0.2, 0.25) is 0 Å². The number of imide groups is 2. The van der Waals surface area contributed by atoms with Gasteiger partial charge in [0.05, 0.1) is 5.88 Å². The van der Waals surface area contributed by atoms with Crippen LogP contribution in [0.25, 0.3) is 0 Å². The monoisotopic (exact) mass is 188 g/mol. The summed E-state index contributed by atoms with van der Waals surface area (Å²) in [5.41, 5.74) is 0. The molecule has 0 aliphatic carbocycles. The Bertz CT molecular complexity index is 253. The zero-order valence-electron chi connectivity index (χ0n) is 6.73. The van der Waals surface area contributed by atoms with Crippen molar-refractivity contribution in [2.24, 2.45) is 0 Å². The summed E-state index contributed by atoms with van der Waals surface area (Å²) in [7, 11) is 1.29. The van der Waals surface area contributed by atoms with Gasteiger partial charge in [-0.3, -0.25) is 14.5 Å². The van der Waals surface area contributed by atoms with E-state index in [0.29, 0.717) is 0 Å². The number of amides is 4. The molecule has 0 aromatic rings. The van der Waals surface area contributed by atoms with Gasteiger partial charge >= 0.3 is 17.8 Å². The molecule has 0 aromatic heterocycles. The Hall–Kier alpha value is -1.04. The first kappa shape index (κ1) is 9.05. The Balaban J connectivity index is 2.84. The molecule has 0 saturated carbocycles. The second-order valence-electron chi connectivity index (χ2n) is 2.30. The van der Waals surface area contributed by atoms with Crippen LogP contribution in [-0.4, -0.2) is 46.8 Å². The third-order valence-corrected chi connectivity index (χ3v) is 2.03. The maximum absolute atomic E-state index is 11.1. The van der Waals surface area contributed by atoms with Crippen molar-refractivity contribution in [3.05, 3.63) is 0 Å². The molecule has 0 aromatic carbocycles. The Morgan fingerprint density at radius 1 is 1.25 bits per heavy atom. The van der Waals surface area contributed by atoms with E-state index in [1.807, 2.05) is 0 Å². The van der Waals surface area contributed by atoms with Crippen LogP contribution >= 0.6 is 11.8 Å². The van der Waals surface area contributed by atoms with Gasteiger partial charge in [0.1, 0.15) is 0 Å².